The van der Waals surface area contributed by atoms with Crippen LogP contribution in [0.4, 0.5) is 0 Å². The molecule has 1 aliphatic carbocycles. The second-order valence-electron chi connectivity index (χ2n) is 7.78. The molecule has 0 spiro atoms. The minimum absolute atomic E-state index is 0.0446. The first-order chi connectivity index (χ1) is 14.6. The van der Waals surface area contributed by atoms with Crippen LogP contribution in [0.5, 0.6) is 0 Å². The van der Waals surface area contributed by atoms with Crippen molar-refractivity contribution in [2.75, 3.05) is 7.05 Å². The Labute approximate surface area is 174 Å². The van der Waals surface area contributed by atoms with Crippen LogP contribution in [0.15, 0.2) is 55.0 Å². The molecule has 1 aliphatic rings. The molecule has 1 fully saturated rings. The molecule has 5 rings (SSSR count). The van der Waals surface area contributed by atoms with Crippen molar-refractivity contribution in [1.29, 1.82) is 0 Å². The summed E-state index contributed by atoms with van der Waals surface area (Å²) in [4.78, 5) is 28.7. The van der Waals surface area contributed by atoms with E-state index in [9.17, 15) is 4.79 Å². The molecule has 0 atom stereocenters. The molecule has 0 unspecified atom stereocenters. The van der Waals surface area contributed by atoms with E-state index >= 15 is 0 Å². The zero-order valence-electron chi connectivity index (χ0n) is 17.0. The van der Waals surface area contributed by atoms with Gasteiger partial charge in [-0.1, -0.05) is 12.1 Å². The second kappa shape index (κ2) is 7.33. The van der Waals surface area contributed by atoms with Crippen molar-refractivity contribution in [3.8, 4) is 5.82 Å². The minimum atomic E-state index is -0.0446. The zero-order chi connectivity index (χ0) is 20.7. The summed E-state index contributed by atoms with van der Waals surface area (Å²) >= 11 is 0. The number of amides is 1. The Bertz CT molecular complexity index is 1210. The average Bonchev–Trinajstić information content (AvgIpc) is 3.58. The van der Waals surface area contributed by atoms with Gasteiger partial charge in [0.25, 0.3) is 5.91 Å². The maximum absolute atomic E-state index is 13.5. The largest absolute Gasteiger partial charge is 0.337 e. The third-order valence-electron chi connectivity index (χ3n) is 5.41. The van der Waals surface area contributed by atoms with Crippen LogP contribution in [-0.4, -0.2) is 42.6 Å². The summed E-state index contributed by atoms with van der Waals surface area (Å²) in [6.45, 7) is 2.40. The topological polar surface area (TPSA) is 76.8 Å². The molecule has 0 bridgehead atoms. The van der Waals surface area contributed by atoms with Gasteiger partial charge in [-0.05, 0) is 49.6 Å². The van der Waals surface area contributed by atoms with Crippen molar-refractivity contribution < 1.29 is 4.79 Å². The molecule has 150 valence electrons. The highest BCUT2D eigenvalue weighted by atomic mass is 16.2. The second-order valence-corrected chi connectivity index (χ2v) is 7.78. The zero-order valence-corrected chi connectivity index (χ0v) is 17.0. The van der Waals surface area contributed by atoms with Gasteiger partial charge >= 0.3 is 0 Å². The Balaban J connectivity index is 1.62. The van der Waals surface area contributed by atoms with Gasteiger partial charge in [0.2, 0.25) is 0 Å². The van der Waals surface area contributed by atoms with Gasteiger partial charge in [0.05, 0.1) is 16.6 Å². The fourth-order valence-electron chi connectivity index (χ4n) is 3.75. The third kappa shape index (κ3) is 3.32. The number of carbonyl (C=O) groups excluding carboxylic acids is 1. The molecule has 30 heavy (non-hydrogen) atoms. The molecular formula is C23H22N6O. The molecule has 0 aliphatic heterocycles. The monoisotopic (exact) mass is 398 g/mol. The quantitative estimate of drug-likeness (QED) is 0.513. The molecule has 4 heterocycles. The minimum Gasteiger partial charge on any atom is -0.337 e. The summed E-state index contributed by atoms with van der Waals surface area (Å²) in [6, 6.07) is 11.5. The summed E-state index contributed by atoms with van der Waals surface area (Å²) in [5, 5.41) is 5.46. The Morgan fingerprint density at radius 3 is 2.77 bits per heavy atom. The van der Waals surface area contributed by atoms with E-state index in [4.69, 9.17) is 4.98 Å². The fraction of sp³-hybridized carbons (Fsp3) is 0.261. The maximum atomic E-state index is 13.5. The fourth-order valence-corrected chi connectivity index (χ4v) is 3.75. The van der Waals surface area contributed by atoms with Gasteiger partial charge in [0, 0.05) is 43.8 Å². The van der Waals surface area contributed by atoms with Gasteiger partial charge in [-0.3, -0.25) is 9.78 Å². The number of hydrogen-bond acceptors (Lipinski definition) is 5. The lowest BCUT2D eigenvalue weighted by Crippen LogP contribution is -2.26. The summed E-state index contributed by atoms with van der Waals surface area (Å²) in [6.07, 6.45) is 7.46. The van der Waals surface area contributed by atoms with Crippen molar-refractivity contribution in [3.05, 3.63) is 77.5 Å². The number of aromatic nitrogens is 5. The summed E-state index contributed by atoms with van der Waals surface area (Å²) in [5.74, 6) is 1.06. The Hall–Kier alpha value is -3.61. The van der Waals surface area contributed by atoms with E-state index in [1.807, 2.05) is 50.4 Å². The van der Waals surface area contributed by atoms with Crippen molar-refractivity contribution >= 4 is 16.9 Å². The lowest BCUT2D eigenvalue weighted by molar-refractivity contribution is 0.0786. The van der Waals surface area contributed by atoms with Gasteiger partial charge < -0.3 is 4.90 Å². The molecule has 0 radical (unpaired) electrons. The van der Waals surface area contributed by atoms with Crippen molar-refractivity contribution in [2.45, 2.75) is 32.2 Å². The van der Waals surface area contributed by atoms with Crippen molar-refractivity contribution in [1.82, 2.24) is 29.6 Å². The Morgan fingerprint density at radius 2 is 2.07 bits per heavy atom. The number of aryl methyl sites for hydroxylation is 1. The van der Waals surface area contributed by atoms with E-state index in [0.717, 1.165) is 35.2 Å². The van der Waals surface area contributed by atoms with Crippen LogP contribution in [-0.2, 0) is 6.54 Å². The van der Waals surface area contributed by atoms with Crippen LogP contribution in [0.3, 0.4) is 0 Å². The number of nitrogens with zero attached hydrogens (tertiary/aromatic N) is 6. The summed E-state index contributed by atoms with van der Waals surface area (Å²) < 4.78 is 1.74. The van der Waals surface area contributed by atoms with E-state index < -0.39 is 0 Å². The van der Waals surface area contributed by atoms with Crippen LogP contribution in [0.1, 0.15) is 46.1 Å². The van der Waals surface area contributed by atoms with Gasteiger partial charge in [-0.25, -0.2) is 9.97 Å². The first-order valence-corrected chi connectivity index (χ1v) is 10.1. The standard InChI is InChI=1S/C23H22N6O/c1-15-21-18(23(30)28(2)14-16-6-5-10-24-13-16)12-19(17-8-9-17)26-22(21)29(27-15)20-7-3-4-11-25-20/h3-7,10-13,17H,8-9,14H2,1-2H3. The van der Waals surface area contributed by atoms with Crippen LogP contribution in [0.25, 0.3) is 16.9 Å². The van der Waals surface area contributed by atoms with Gasteiger partial charge in [-0.15, -0.1) is 0 Å². The summed E-state index contributed by atoms with van der Waals surface area (Å²) in [5.41, 5.74) is 4.05. The van der Waals surface area contributed by atoms with E-state index in [2.05, 4.69) is 15.1 Å². The predicted octanol–water partition coefficient (Wildman–Crippen LogP) is 3.67. The van der Waals surface area contributed by atoms with Crippen LogP contribution in [0, 0.1) is 6.92 Å². The molecule has 0 saturated heterocycles. The molecule has 7 nitrogen and oxygen atoms in total. The number of fused-ring (bicyclic) bond motifs is 1. The Kier molecular flexibility index (Phi) is 4.50. The molecule has 7 heteroatoms. The summed E-state index contributed by atoms with van der Waals surface area (Å²) in [7, 11) is 1.82. The van der Waals surface area contributed by atoms with Gasteiger partial charge in [-0.2, -0.15) is 9.78 Å². The highest BCUT2D eigenvalue weighted by molar-refractivity contribution is 6.06. The van der Waals surface area contributed by atoms with Crippen LogP contribution >= 0.6 is 0 Å². The smallest absolute Gasteiger partial charge is 0.254 e. The first-order valence-electron chi connectivity index (χ1n) is 10.1. The van der Waals surface area contributed by atoms with E-state index in [-0.39, 0.29) is 5.91 Å². The molecule has 0 N–H and O–H groups in total. The predicted molar refractivity (Wildman–Crippen MR) is 113 cm³/mol. The number of pyridine rings is 3. The van der Waals surface area contributed by atoms with E-state index in [1.165, 1.54) is 0 Å². The van der Waals surface area contributed by atoms with Crippen LogP contribution < -0.4 is 0 Å². The van der Waals surface area contributed by atoms with Gasteiger partial charge in [0.15, 0.2) is 11.5 Å². The Morgan fingerprint density at radius 1 is 1.20 bits per heavy atom. The normalized spacial score (nSPS) is 13.5. The molecule has 1 saturated carbocycles. The lowest BCUT2D eigenvalue weighted by Gasteiger charge is -2.18. The number of rotatable bonds is 5. The first kappa shape index (κ1) is 18.4. The molecular weight excluding hydrogens is 376 g/mol. The number of carbonyl (C=O) groups is 1. The maximum Gasteiger partial charge on any atom is 0.254 e. The highest BCUT2D eigenvalue weighted by Gasteiger charge is 2.29. The van der Waals surface area contributed by atoms with Crippen molar-refractivity contribution in [3.63, 3.8) is 0 Å². The molecule has 0 aromatic carbocycles. The molecule has 4 aromatic rings. The average molecular weight is 398 g/mol. The van der Waals surface area contributed by atoms with Gasteiger partial charge in [0.1, 0.15) is 0 Å². The molecule has 4 aromatic heterocycles. The van der Waals surface area contributed by atoms with E-state index in [1.54, 1.807) is 28.2 Å². The lowest BCUT2D eigenvalue weighted by atomic mass is 10.1. The SMILES string of the molecule is Cc1nn(-c2ccccn2)c2nc(C3CC3)cc(C(=O)N(C)Cc3cccnc3)c12. The molecule has 1 amide bonds. The third-order valence-corrected chi connectivity index (χ3v) is 5.41. The highest BCUT2D eigenvalue weighted by Crippen LogP contribution is 2.40. The number of hydrogen-bond donors (Lipinski definition) is 0. The van der Waals surface area contributed by atoms with Crippen LogP contribution in [0.2, 0.25) is 0 Å². The van der Waals surface area contributed by atoms with E-state index in [0.29, 0.717) is 29.5 Å². The van der Waals surface area contributed by atoms with Crippen molar-refractivity contribution in [2.24, 2.45) is 0 Å².